The van der Waals surface area contributed by atoms with Crippen molar-refractivity contribution in [1.29, 1.82) is 0 Å². The fraction of sp³-hybridized carbons (Fsp3) is 0.231. The smallest absolute Gasteiger partial charge is 0.350 e. The quantitative estimate of drug-likeness (QED) is 0.204. The molecule has 1 unspecified atom stereocenters. The van der Waals surface area contributed by atoms with Crippen LogP contribution in [0.3, 0.4) is 0 Å². The van der Waals surface area contributed by atoms with Crippen molar-refractivity contribution in [2.45, 2.75) is 19.9 Å². The number of aromatic hydroxyl groups is 1. The summed E-state index contributed by atoms with van der Waals surface area (Å²) in [7, 11) is 2.70. The number of amides is 1. The number of esters is 1. The molecule has 0 spiro atoms. The molecule has 1 aliphatic heterocycles. The topological polar surface area (TPSA) is 135 Å². The number of hydrogen-bond donors (Lipinski definition) is 2. The van der Waals surface area contributed by atoms with Gasteiger partial charge in [0.25, 0.3) is 5.78 Å². The summed E-state index contributed by atoms with van der Waals surface area (Å²) in [4.78, 5) is 44.6. The second kappa shape index (κ2) is 10.3. The normalized spacial score (nSPS) is 16.6. The number of phenolic OH excluding ortho intramolecular Hbond substituents is 1. The van der Waals surface area contributed by atoms with Gasteiger partial charge in [0.2, 0.25) is 0 Å². The van der Waals surface area contributed by atoms with Gasteiger partial charge in [-0.3, -0.25) is 14.5 Å². The standard InChI is InChI=1S/C26H24N2O8S/c1-5-36-18-12-14(9-10-17(18)29)20-19(21(30)15-7-6-8-16(11-15)34-3)22(31)24(32)28(20)26-27-13(2)23(37-26)25(33)35-4/h6-12,20,29-30H,5H2,1-4H3. The van der Waals surface area contributed by atoms with Crippen LogP contribution in [0.5, 0.6) is 17.2 Å². The number of nitrogens with zero attached hydrogens (tertiary/aromatic N) is 2. The van der Waals surface area contributed by atoms with E-state index in [0.717, 1.165) is 16.2 Å². The third kappa shape index (κ3) is 4.60. The first kappa shape index (κ1) is 25.7. The molecule has 1 aromatic heterocycles. The molecule has 1 amide bonds. The van der Waals surface area contributed by atoms with Gasteiger partial charge in [0, 0.05) is 5.56 Å². The molecule has 10 nitrogen and oxygen atoms in total. The van der Waals surface area contributed by atoms with Crippen LogP contribution >= 0.6 is 11.3 Å². The number of rotatable bonds is 7. The molecule has 0 bridgehead atoms. The van der Waals surface area contributed by atoms with Crippen LogP contribution < -0.4 is 14.4 Å². The molecule has 37 heavy (non-hydrogen) atoms. The van der Waals surface area contributed by atoms with Gasteiger partial charge in [-0.15, -0.1) is 0 Å². The lowest BCUT2D eigenvalue weighted by Gasteiger charge is -2.23. The van der Waals surface area contributed by atoms with Crippen LogP contribution in [-0.4, -0.2) is 53.7 Å². The molecular formula is C26H24N2O8S. The maximum absolute atomic E-state index is 13.4. The second-order valence-corrected chi connectivity index (χ2v) is 8.94. The molecule has 1 atom stereocenters. The van der Waals surface area contributed by atoms with Gasteiger partial charge < -0.3 is 24.4 Å². The Bertz CT molecular complexity index is 1430. The first-order valence-corrected chi connectivity index (χ1v) is 12.0. The van der Waals surface area contributed by atoms with Crippen molar-refractivity contribution >= 4 is 39.9 Å². The average molecular weight is 525 g/mol. The van der Waals surface area contributed by atoms with E-state index in [4.69, 9.17) is 14.2 Å². The summed E-state index contributed by atoms with van der Waals surface area (Å²) in [6.45, 7) is 3.59. The molecule has 2 N–H and O–H groups in total. The van der Waals surface area contributed by atoms with Crippen molar-refractivity contribution in [1.82, 2.24) is 4.98 Å². The number of Topliss-reactive ketones (excluding diaryl/α,β-unsaturated/α-hetero) is 1. The predicted molar refractivity (Wildman–Crippen MR) is 135 cm³/mol. The average Bonchev–Trinajstić information content (AvgIpc) is 3.41. The number of methoxy groups -OCH3 is 2. The third-order valence-corrected chi connectivity index (χ3v) is 6.89. The Morgan fingerprint density at radius 1 is 1.16 bits per heavy atom. The van der Waals surface area contributed by atoms with E-state index in [0.29, 0.717) is 17.0 Å². The number of benzene rings is 2. The number of anilines is 1. The number of carbonyl (C=O) groups excluding carboxylic acids is 3. The maximum Gasteiger partial charge on any atom is 0.350 e. The van der Waals surface area contributed by atoms with E-state index in [-0.39, 0.29) is 39.3 Å². The van der Waals surface area contributed by atoms with Crippen molar-refractivity contribution in [3.05, 3.63) is 69.7 Å². The van der Waals surface area contributed by atoms with Crippen LogP contribution in [0.25, 0.3) is 5.76 Å². The van der Waals surface area contributed by atoms with E-state index in [1.165, 1.54) is 38.5 Å². The highest BCUT2D eigenvalue weighted by molar-refractivity contribution is 7.17. The Morgan fingerprint density at radius 3 is 2.59 bits per heavy atom. The van der Waals surface area contributed by atoms with Crippen molar-refractivity contribution in [2.24, 2.45) is 0 Å². The molecule has 0 radical (unpaired) electrons. The lowest BCUT2D eigenvalue weighted by Crippen LogP contribution is -2.29. The zero-order valence-corrected chi connectivity index (χ0v) is 21.3. The summed E-state index contributed by atoms with van der Waals surface area (Å²) >= 11 is 0.889. The third-order valence-electron chi connectivity index (χ3n) is 5.75. The molecule has 1 fully saturated rings. The molecule has 192 valence electrons. The molecule has 2 heterocycles. The van der Waals surface area contributed by atoms with Crippen LogP contribution in [-0.2, 0) is 14.3 Å². The number of carbonyl (C=O) groups is 3. The van der Waals surface area contributed by atoms with Gasteiger partial charge in [0.15, 0.2) is 16.6 Å². The molecule has 11 heteroatoms. The number of aliphatic hydroxyl groups excluding tert-OH is 1. The van der Waals surface area contributed by atoms with Crippen LogP contribution in [0.1, 0.15) is 39.5 Å². The summed E-state index contributed by atoms with van der Waals surface area (Å²) in [6, 6.07) is 9.66. The molecular weight excluding hydrogens is 500 g/mol. The van der Waals surface area contributed by atoms with Gasteiger partial charge in [-0.1, -0.05) is 29.5 Å². The maximum atomic E-state index is 13.4. The number of hydrogen-bond acceptors (Lipinski definition) is 10. The van der Waals surface area contributed by atoms with Gasteiger partial charge in [-0.25, -0.2) is 9.78 Å². The van der Waals surface area contributed by atoms with Gasteiger partial charge in [0.05, 0.1) is 38.1 Å². The van der Waals surface area contributed by atoms with E-state index in [1.54, 1.807) is 32.0 Å². The largest absolute Gasteiger partial charge is 0.507 e. The highest BCUT2D eigenvalue weighted by Gasteiger charge is 2.48. The van der Waals surface area contributed by atoms with Crippen LogP contribution in [0.2, 0.25) is 0 Å². The highest BCUT2D eigenvalue weighted by atomic mass is 32.1. The number of thiazole rings is 1. The lowest BCUT2D eigenvalue weighted by atomic mass is 9.95. The summed E-state index contributed by atoms with van der Waals surface area (Å²) < 4.78 is 15.5. The van der Waals surface area contributed by atoms with Crippen molar-refractivity contribution in [3.8, 4) is 17.2 Å². The van der Waals surface area contributed by atoms with E-state index in [1.807, 2.05) is 0 Å². The SMILES string of the molecule is CCOc1cc(C2C(=C(O)c3cccc(OC)c3)C(=O)C(=O)N2c2nc(C)c(C(=O)OC)s2)ccc1O. The van der Waals surface area contributed by atoms with E-state index >= 15 is 0 Å². The number of ether oxygens (including phenoxy) is 3. The first-order chi connectivity index (χ1) is 17.7. The molecule has 1 saturated heterocycles. The minimum atomic E-state index is -1.14. The van der Waals surface area contributed by atoms with Crippen molar-refractivity contribution < 1.29 is 38.8 Å². The van der Waals surface area contributed by atoms with Gasteiger partial charge in [0.1, 0.15) is 16.4 Å². The Morgan fingerprint density at radius 2 is 1.92 bits per heavy atom. The van der Waals surface area contributed by atoms with Crippen LogP contribution in [0.15, 0.2) is 48.0 Å². The van der Waals surface area contributed by atoms with Gasteiger partial charge in [-0.05, 0) is 43.7 Å². The fourth-order valence-electron chi connectivity index (χ4n) is 4.01. The van der Waals surface area contributed by atoms with Crippen LogP contribution in [0, 0.1) is 6.92 Å². The van der Waals surface area contributed by atoms with Gasteiger partial charge in [-0.2, -0.15) is 0 Å². The van der Waals surface area contributed by atoms with Crippen molar-refractivity contribution in [2.75, 3.05) is 25.7 Å². The second-order valence-electron chi connectivity index (χ2n) is 7.96. The Kier molecular flexibility index (Phi) is 7.16. The first-order valence-electron chi connectivity index (χ1n) is 11.2. The zero-order chi connectivity index (χ0) is 26.9. The molecule has 0 aliphatic carbocycles. The molecule has 4 rings (SSSR count). The lowest BCUT2D eigenvalue weighted by molar-refractivity contribution is -0.132. The highest BCUT2D eigenvalue weighted by Crippen LogP contribution is 2.45. The van der Waals surface area contributed by atoms with Crippen molar-refractivity contribution in [3.63, 3.8) is 0 Å². The number of aryl methyl sites for hydroxylation is 1. The summed E-state index contributed by atoms with van der Waals surface area (Å²) in [5.74, 6) is -2.48. The van der Waals surface area contributed by atoms with E-state index in [9.17, 15) is 24.6 Å². The summed E-state index contributed by atoms with van der Waals surface area (Å²) in [5, 5.41) is 21.6. The Labute approximate surface area is 216 Å². The zero-order valence-electron chi connectivity index (χ0n) is 20.5. The number of aromatic nitrogens is 1. The molecule has 3 aromatic rings. The minimum Gasteiger partial charge on any atom is -0.507 e. The number of phenols is 1. The molecule has 2 aromatic carbocycles. The number of aliphatic hydroxyl groups is 1. The van der Waals surface area contributed by atoms with Crippen LogP contribution in [0.4, 0.5) is 5.13 Å². The minimum absolute atomic E-state index is 0.0701. The number of ketones is 1. The molecule has 1 aliphatic rings. The fourth-order valence-corrected chi connectivity index (χ4v) is 5.02. The van der Waals surface area contributed by atoms with E-state index in [2.05, 4.69) is 4.98 Å². The van der Waals surface area contributed by atoms with E-state index < -0.39 is 29.5 Å². The van der Waals surface area contributed by atoms with Gasteiger partial charge >= 0.3 is 11.9 Å². The summed E-state index contributed by atoms with van der Waals surface area (Å²) in [6.07, 6.45) is 0. The Hall–Kier alpha value is -4.38. The molecule has 0 saturated carbocycles. The monoisotopic (exact) mass is 524 g/mol. The predicted octanol–water partition coefficient (Wildman–Crippen LogP) is 3.98. The summed E-state index contributed by atoms with van der Waals surface area (Å²) in [5.41, 5.74) is 0.758. The Balaban J connectivity index is 1.96.